The maximum atomic E-state index is 12.9. The van der Waals surface area contributed by atoms with Gasteiger partial charge >= 0.3 is 6.03 Å². The van der Waals surface area contributed by atoms with Gasteiger partial charge < -0.3 is 10.6 Å². The summed E-state index contributed by atoms with van der Waals surface area (Å²) in [6.45, 7) is 2.46. The molecule has 1 saturated carbocycles. The van der Waals surface area contributed by atoms with Crippen molar-refractivity contribution in [1.29, 1.82) is 0 Å². The van der Waals surface area contributed by atoms with Crippen LogP contribution in [0.4, 0.5) is 9.18 Å². The van der Waals surface area contributed by atoms with Gasteiger partial charge in [0.1, 0.15) is 5.82 Å². The zero-order valence-electron chi connectivity index (χ0n) is 10.6. The molecule has 0 aromatic heterocycles. The highest BCUT2D eigenvalue weighted by atomic mass is 19.1. The second-order valence-electron chi connectivity index (χ2n) is 4.85. The molecule has 1 aromatic carbocycles. The molecule has 0 saturated heterocycles. The summed E-state index contributed by atoms with van der Waals surface area (Å²) in [5, 5.41) is 5.74. The number of rotatable bonds is 4. The number of urea groups is 1. The number of aryl methyl sites for hydroxylation is 1. The van der Waals surface area contributed by atoms with Gasteiger partial charge in [0.05, 0.1) is 0 Å². The van der Waals surface area contributed by atoms with Crippen molar-refractivity contribution in [2.45, 2.75) is 38.6 Å². The summed E-state index contributed by atoms with van der Waals surface area (Å²) in [5.41, 5.74) is 2.00. The molecule has 0 atom stereocenters. The van der Waals surface area contributed by atoms with Gasteiger partial charge in [-0.25, -0.2) is 9.18 Å². The van der Waals surface area contributed by atoms with Gasteiger partial charge in [0, 0.05) is 12.6 Å². The maximum absolute atomic E-state index is 12.9. The third kappa shape index (κ3) is 3.45. The number of amides is 2. The van der Waals surface area contributed by atoms with Gasteiger partial charge in [-0.3, -0.25) is 0 Å². The molecule has 1 aromatic rings. The van der Waals surface area contributed by atoms with Crippen molar-refractivity contribution in [1.82, 2.24) is 10.6 Å². The molecule has 0 unspecified atom stereocenters. The summed E-state index contributed by atoms with van der Waals surface area (Å²) in [4.78, 5) is 11.5. The molecular formula is C14H19FN2O. The van der Waals surface area contributed by atoms with Gasteiger partial charge in [0.2, 0.25) is 0 Å². The second kappa shape index (κ2) is 5.85. The Morgan fingerprint density at radius 1 is 1.44 bits per heavy atom. The predicted molar refractivity (Wildman–Crippen MR) is 69.0 cm³/mol. The minimum absolute atomic E-state index is 0.0977. The Bertz CT molecular complexity index is 430. The number of carbonyl (C=O) groups excluding carboxylic acids is 1. The predicted octanol–water partition coefficient (Wildman–Crippen LogP) is 2.53. The van der Waals surface area contributed by atoms with E-state index in [0.29, 0.717) is 12.6 Å². The van der Waals surface area contributed by atoms with Crippen LogP contribution in [-0.2, 0) is 6.42 Å². The summed E-state index contributed by atoms with van der Waals surface area (Å²) in [6, 6.07) is 5.01. The fourth-order valence-corrected chi connectivity index (χ4v) is 2.04. The number of hydrogen-bond acceptors (Lipinski definition) is 1. The molecule has 2 amide bonds. The Morgan fingerprint density at radius 2 is 2.22 bits per heavy atom. The van der Waals surface area contributed by atoms with E-state index in [-0.39, 0.29) is 11.8 Å². The highest BCUT2D eigenvalue weighted by molar-refractivity contribution is 5.74. The third-order valence-corrected chi connectivity index (χ3v) is 3.42. The summed E-state index contributed by atoms with van der Waals surface area (Å²) in [5.74, 6) is -0.216. The van der Waals surface area contributed by atoms with Gasteiger partial charge in [0.15, 0.2) is 0 Å². The van der Waals surface area contributed by atoms with E-state index in [0.717, 1.165) is 30.4 Å². The summed E-state index contributed by atoms with van der Waals surface area (Å²) in [6.07, 6.45) is 4.11. The molecule has 1 aliphatic carbocycles. The highest BCUT2D eigenvalue weighted by Crippen LogP contribution is 2.17. The fourth-order valence-electron chi connectivity index (χ4n) is 2.04. The van der Waals surface area contributed by atoms with Crippen LogP contribution in [0.25, 0.3) is 0 Å². The first kappa shape index (κ1) is 12.9. The van der Waals surface area contributed by atoms with Crippen LogP contribution in [0.5, 0.6) is 0 Å². The molecule has 0 aliphatic heterocycles. The number of hydrogen-bond donors (Lipinski definition) is 2. The van der Waals surface area contributed by atoms with Gasteiger partial charge in [0.25, 0.3) is 0 Å². The Balaban J connectivity index is 1.72. The minimum Gasteiger partial charge on any atom is -0.338 e. The van der Waals surface area contributed by atoms with Gasteiger partial charge in [-0.2, -0.15) is 0 Å². The molecule has 3 nitrogen and oxygen atoms in total. The largest absolute Gasteiger partial charge is 0.338 e. The molecule has 0 radical (unpaired) electrons. The monoisotopic (exact) mass is 250 g/mol. The number of halogens is 1. The first-order valence-electron chi connectivity index (χ1n) is 6.44. The third-order valence-electron chi connectivity index (χ3n) is 3.42. The summed E-state index contributed by atoms with van der Waals surface area (Å²) in [7, 11) is 0. The Morgan fingerprint density at radius 3 is 2.83 bits per heavy atom. The van der Waals surface area contributed by atoms with Gasteiger partial charge in [-0.05, 0) is 55.9 Å². The average molecular weight is 250 g/mol. The Labute approximate surface area is 107 Å². The normalized spacial score (nSPS) is 15.0. The van der Waals surface area contributed by atoms with Crippen molar-refractivity contribution in [3.63, 3.8) is 0 Å². The summed E-state index contributed by atoms with van der Waals surface area (Å²) < 4.78 is 12.9. The molecule has 0 bridgehead atoms. The van der Waals surface area contributed by atoms with Crippen molar-refractivity contribution in [3.8, 4) is 0 Å². The summed E-state index contributed by atoms with van der Waals surface area (Å²) >= 11 is 0. The first-order valence-corrected chi connectivity index (χ1v) is 6.44. The van der Waals surface area contributed by atoms with Crippen molar-refractivity contribution < 1.29 is 9.18 Å². The van der Waals surface area contributed by atoms with Crippen molar-refractivity contribution in [3.05, 3.63) is 35.1 Å². The lowest BCUT2D eigenvalue weighted by molar-refractivity contribution is 0.228. The Kier molecular flexibility index (Phi) is 4.18. The van der Waals surface area contributed by atoms with Crippen LogP contribution < -0.4 is 10.6 Å². The van der Waals surface area contributed by atoms with Crippen LogP contribution in [0, 0.1) is 12.7 Å². The SMILES string of the molecule is Cc1cc(F)ccc1CCNC(=O)NC1CCC1. The van der Waals surface area contributed by atoms with E-state index in [4.69, 9.17) is 0 Å². The van der Waals surface area contributed by atoms with E-state index in [1.54, 1.807) is 6.07 Å². The lowest BCUT2D eigenvalue weighted by Crippen LogP contribution is -2.45. The van der Waals surface area contributed by atoms with Crippen LogP contribution in [0.3, 0.4) is 0 Å². The number of benzene rings is 1. The van der Waals surface area contributed by atoms with Crippen LogP contribution in [0.2, 0.25) is 0 Å². The van der Waals surface area contributed by atoms with Crippen LogP contribution in [-0.4, -0.2) is 18.6 Å². The lowest BCUT2D eigenvalue weighted by Gasteiger charge is -2.26. The van der Waals surface area contributed by atoms with Crippen LogP contribution in [0.15, 0.2) is 18.2 Å². The molecule has 4 heteroatoms. The van der Waals surface area contributed by atoms with E-state index in [2.05, 4.69) is 10.6 Å². The molecule has 98 valence electrons. The van der Waals surface area contributed by atoms with E-state index in [1.807, 2.05) is 6.92 Å². The van der Waals surface area contributed by atoms with Crippen LogP contribution in [0.1, 0.15) is 30.4 Å². The van der Waals surface area contributed by atoms with Crippen LogP contribution >= 0.6 is 0 Å². The minimum atomic E-state index is -0.216. The lowest BCUT2D eigenvalue weighted by atomic mass is 9.93. The van der Waals surface area contributed by atoms with Gasteiger partial charge in [-0.15, -0.1) is 0 Å². The average Bonchev–Trinajstić information content (AvgIpc) is 2.27. The Hall–Kier alpha value is -1.58. The molecule has 0 heterocycles. The molecular weight excluding hydrogens is 231 g/mol. The molecule has 2 rings (SSSR count). The molecule has 1 aliphatic rings. The molecule has 1 fully saturated rings. The quantitative estimate of drug-likeness (QED) is 0.847. The smallest absolute Gasteiger partial charge is 0.315 e. The van der Waals surface area contributed by atoms with E-state index in [9.17, 15) is 9.18 Å². The fraction of sp³-hybridized carbons (Fsp3) is 0.500. The maximum Gasteiger partial charge on any atom is 0.315 e. The topological polar surface area (TPSA) is 41.1 Å². The van der Waals surface area contributed by atoms with Crippen molar-refractivity contribution in [2.24, 2.45) is 0 Å². The molecule has 0 spiro atoms. The molecule has 18 heavy (non-hydrogen) atoms. The van der Waals surface area contributed by atoms with Crippen molar-refractivity contribution in [2.75, 3.05) is 6.54 Å². The van der Waals surface area contributed by atoms with E-state index in [1.165, 1.54) is 18.6 Å². The zero-order valence-corrected chi connectivity index (χ0v) is 10.6. The molecule has 2 N–H and O–H groups in total. The zero-order chi connectivity index (χ0) is 13.0. The highest BCUT2D eigenvalue weighted by Gasteiger charge is 2.18. The first-order chi connectivity index (χ1) is 8.65. The second-order valence-corrected chi connectivity index (χ2v) is 4.85. The standard InChI is InChI=1S/C14H19FN2O/c1-10-9-12(15)6-5-11(10)7-8-16-14(18)17-13-3-2-4-13/h5-6,9,13H,2-4,7-8H2,1H3,(H2,16,17,18). The van der Waals surface area contributed by atoms with E-state index >= 15 is 0 Å². The van der Waals surface area contributed by atoms with Gasteiger partial charge in [-0.1, -0.05) is 6.07 Å². The van der Waals surface area contributed by atoms with Crippen molar-refractivity contribution >= 4 is 6.03 Å². The number of nitrogens with one attached hydrogen (secondary N) is 2. The number of carbonyl (C=O) groups is 1. The van der Waals surface area contributed by atoms with E-state index < -0.39 is 0 Å².